The van der Waals surface area contributed by atoms with Gasteiger partial charge in [0.2, 0.25) is 10.0 Å². The number of carbonyl (C=O) groups excluding carboxylic acids is 2. The summed E-state index contributed by atoms with van der Waals surface area (Å²) < 4.78 is 32.1. The molecule has 0 N–H and O–H groups in total. The number of Topliss-reactive ketones (excluding diaryl/α,β-unsaturated/α-hetero) is 1. The second kappa shape index (κ2) is 6.64. The van der Waals surface area contributed by atoms with E-state index < -0.39 is 27.4 Å². The second-order valence-electron chi connectivity index (χ2n) is 6.45. The molecule has 0 amide bonds. The molecule has 2 rings (SSSR count). The van der Waals surface area contributed by atoms with Crippen LogP contribution in [0.3, 0.4) is 0 Å². The number of sulfonamides is 1. The number of benzene rings is 1. The molecule has 0 radical (unpaired) electrons. The van der Waals surface area contributed by atoms with Crippen molar-refractivity contribution in [1.82, 2.24) is 4.31 Å². The quantitative estimate of drug-likeness (QED) is 0.756. The van der Waals surface area contributed by atoms with Crippen molar-refractivity contribution in [2.75, 3.05) is 13.2 Å². The largest absolute Gasteiger partial charge is 0.465 e. The zero-order valence-corrected chi connectivity index (χ0v) is 15.2. The lowest BCUT2D eigenvalue weighted by molar-refractivity contribution is -0.147. The van der Waals surface area contributed by atoms with Gasteiger partial charge >= 0.3 is 5.97 Å². The minimum atomic E-state index is -3.89. The van der Waals surface area contributed by atoms with Crippen LogP contribution in [0, 0.1) is 12.3 Å². The van der Waals surface area contributed by atoms with Gasteiger partial charge in [-0.05, 0) is 39.3 Å². The molecule has 0 aliphatic carbocycles. The van der Waals surface area contributed by atoms with Gasteiger partial charge in [-0.1, -0.05) is 24.6 Å². The summed E-state index contributed by atoms with van der Waals surface area (Å²) in [5, 5.41) is 0. The van der Waals surface area contributed by atoms with E-state index in [0.717, 1.165) is 9.87 Å². The summed E-state index contributed by atoms with van der Waals surface area (Å²) in [4.78, 5) is 24.3. The molecule has 2 atom stereocenters. The minimum Gasteiger partial charge on any atom is -0.465 e. The van der Waals surface area contributed by atoms with E-state index in [1.165, 1.54) is 19.1 Å². The van der Waals surface area contributed by atoms with Crippen LogP contribution >= 0.6 is 0 Å². The molecular formula is C17H23NO5S. The third-order valence-electron chi connectivity index (χ3n) is 4.53. The van der Waals surface area contributed by atoms with Gasteiger partial charge in [-0.25, -0.2) is 8.42 Å². The SMILES string of the molecule is CCOC(=O)[C@@H]1C[C@](C)(C(C)=O)CN1S(=O)(=O)c1ccc(C)cc1. The fraction of sp³-hybridized carbons (Fsp3) is 0.529. The summed E-state index contributed by atoms with van der Waals surface area (Å²) in [6, 6.07) is 5.44. The Morgan fingerprint density at radius 1 is 1.29 bits per heavy atom. The van der Waals surface area contributed by atoms with Crippen LogP contribution < -0.4 is 0 Å². The minimum absolute atomic E-state index is 0.0258. The maximum Gasteiger partial charge on any atom is 0.324 e. The third-order valence-corrected chi connectivity index (χ3v) is 6.40. The summed E-state index contributed by atoms with van der Waals surface area (Å²) in [6.45, 7) is 6.76. The normalized spacial score (nSPS) is 24.8. The predicted molar refractivity (Wildman–Crippen MR) is 88.9 cm³/mol. The van der Waals surface area contributed by atoms with Gasteiger partial charge in [-0.15, -0.1) is 0 Å². The highest BCUT2D eigenvalue weighted by molar-refractivity contribution is 7.89. The van der Waals surface area contributed by atoms with Crippen molar-refractivity contribution in [3.8, 4) is 0 Å². The van der Waals surface area contributed by atoms with Crippen LogP contribution in [-0.2, 0) is 24.3 Å². The zero-order chi connectivity index (χ0) is 18.1. The number of rotatable bonds is 5. The molecule has 1 aromatic carbocycles. The average Bonchev–Trinajstić information content (AvgIpc) is 2.88. The van der Waals surface area contributed by atoms with Gasteiger partial charge in [-0.2, -0.15) is 4.31 Å². The third kappa shape index (κ3) is 3.37. The number of ether oxygens (including phenoxy) is 1. The van der Waals surface area contributed by atoms with Gasteiger partial charge in [0.25, 0.3) is 0 Å². The lowest BCUT2D eigenvalue weighted by Gasteiger charge is -2.23. The number of ketones is 1. The standard InChI is InChI=1S/C17H23NO5S/c1-5-23-16(20)15-10-17(4,13(3)19)11-18(15)24(21,22)14-8-6-12(2)7-9-14/h6-9,15H,5,10-11H2,1-4H3/t15-,17-/m0/s1. The maximum absolute atomic E-state index is 13.0. The van der Waals surface area contributed by atoms with Crippen molar-refractivity contribution >= 4 is 21.8 Å². The van der Waals surface area contributed by atoms with Gasteiger partial charge in [-0.3, -0.25) is 9.59 Å². The summed E-state index contributed by atoms with van der Waals surface area (Å²) in [7, 11) is -3.89. The number of carbonyl (C=O) groups is 2. The van der Waals surface area contributed by atoms with E-state index in [1.54, 1.807) is 26.0 Å². The van der Waals surface area contributed by atoms with Crippen molar-refractivity contribution < 1.29 is 22.7 Å². The van der Waals surface area contributed by atoms with E-state index in [0.29, 0.717) is 0 Å². The first-order valence-electron chi connectivity index (χ1n) is 7.88. The number of aryl methyl sites for hydroxylation is 1. The van der Waals surface area contributed by atoms with E-state index in [1.807, 2.05) is 6.92 Å². The second-order valence-corrected chi connectivity index (χ2v) is 8.34. The monoisotopic (exact) mass is 353 g/mol. The Kier molecular flexibility index (Phi) is 5.15. The molecule has 1 saturated heterocycles. The zero-order valence-electron chi connectivity index (χ0n) is 14.4. The van der Waals surface area contributed by atoms with Crippen molar-refractivity contribution in [2.45, 2.75) is 45.1 Å². The van der Waals surface area contributed by atoms with Crippen molar-refractivity contribution in [2.24, 2.45) is 5.41 Å². The van der Waals surface area contributed by atoms with Crippen LogP contribution in [0.2, 0.25) is 0 Å². The molecule has 24 heavy (non-hydrogen) atoms. The van der Waals surface area contributed by atoms with E-state index in [-0.39, 0.29) is 30.3 Å². The van der Waals surface area contributed by atoms with Crippen LogP contribution in [-0.4, -0.2) is 43.7 Å². The van der Waals surface area contributed by atoms with Crippen LogP contribution in [0.25, 0.3) is 0 Å². The van der Waals surface area contributed by atoms with E-state index in [2.05, 4.69) is 0 Å². The predicted octanol–water partition coefficient (Wildman–Crippen LogP) is 1.92. The summed E-state index contributed by atoms with van der Waals surface area (Å²) in [5.41, 5.74) is 0.0424. The Morgan fingerprint density at radius 2 is 1.88 bits per heavy atom. The van der Waals surface area contributed by atoms with Gasteiger partial charge in [0.05, 0.1) is 11.5 Å². The molecule has 0 aromatic heterocycles. The maximum atomic E-state index is 13.0. The number of nitrogens with zero attached hydrogens (tertiary/aromatic N) is 1. The fourth-order valence-electron chi connectivity index (χ4n) is 2.84. The lowest BCUT2D eigenvalue weighted by Crippen LogP contribution is -2.41. The average molecular weight is 353 g/mol. The van der Waals surface area contributed by atoms with Crippen LogP contribution in [0.15, 0.2) is 29.2 Å². The van der Waals surface area contributed by atoms with Gasteiger partial charge in [0.15, 0.2) is 0 Å². The molecule has 7 heteroatoms. The summed E-state index contributed by atoms with van der Waals surface area (Å²) >= 11 is 0. The summed E-state index contributed by atoms with van der Waals surface area (Å²) in [5.74, 6) is -0.753. The molecule has 6 nitrogen and oxygen atoms in total. The summed E-state index contributed by atoms with van der Waals surface area (Å²) in [6.07, 6.45) is 0.131. The van der Waals surface area contributed by atoms with Crippen LogP contribution in [0.4, 0.5) is 0 Å². The van der Waals surface area contributed by atoms with Gasteiger partial charge in [0.1, 0.15) is 11.8 Å². The molecule has 1 aromatic rings. The van der Waals surface area contributed by atoms with Gasteiger partial charge in [0, 0.05) is 12.0 Å². The molecule has 0 spiro atoms. The number of esters is 1. The Balaban J connectivity index is 2.45. The molecule has 0 bridgehead atoms. The molecule has 1 aliphatic rings. The van der Waals surface area contributed by atoms with E-state index in [4.69, 9.17) is 4.74 Å². The highest BCUT2D eigenvalue weighted by Gasteiger charge is 2.52. The number of hydrogen-bond acceptors (Lipinski definition) is 5. The van der Waals surface area contributed by atoms with Crippen LogP contribution in [0.1, 0.15) is 32.8 Å². The Bertz CT molecular complexity index is 741. The molecule has 1 heterocycles. The Labute approximate surface area is 142 Å². The molecule has 0 unspecified atom stereocenters. The molecular weight excluding hydrogens is 330 g/mol. The molecule has 132 valence electrons. The first-order chi connectivity index (χ1) is 11.1. The highest BCUT2D eigenvalue weighted by Crippen LogP contribution is 2.39. The first-order valence-corrected chi connectivity index (χ1v) is 9.32. The van der Waals surface area contributed by atoms with Crippen molar-refractivity contribution in [3.05, 3.63) is 29.8 Å². The lowest BCUT2D eigenvalue weighted by atomic mass is 9.84. The molecule has 1 fully saturated rings. The van der Waals surface area contributed by atoms with Crippen molar-refractivity contribution in [3.63, 3.8) is 0 Å². The topological polar surface area (TPSA) is 80.8 Å². The van der Waals surface area contributed by atoms with Crippen molar-refractivity contribution in [1.29, 1.82) is 0 Å². The Morgan fingerprint density at radius 3 is 2.38 bits per heavy atom. The number of hydrogen-bond donors (Lipinski definition) is 0. The van der Waals surface area contributed by atoms with Gasteiger partial charge < -0.3 is 4.74 Å². The highest BCUT2D eigenvalue weighted by atomic mass is 32.2. The fourth-order valence-corrected chi connectivity index (χ4v) is 4.54. The van der Waals surface area contributed by atoms with E-state index >= 15 is 0 Å². The van der Waals surface area contributed by atoms with Crippen LogP contribution in [0.5, 0.6) is 0 Å². The smallest absolute Gasteiger partial charge is 0.324 e. The molecule has 0 saturated carbocycles. The Hall–Kier alpha value is -1.73. The van der Waals surface area contributed by atoms with E-state index in [9.17, 15) is 18.0 Å². The molecule has 1 aliphatic heterocycles. The first kappa shape index (κ1) is 18.6.